The summed E-state index contributed by atoms with van der Waals surface area (Å²) in [5, 5.41) is -0.513. The molecule has 0 heterocycles. The van der Waals surface area contributed by atoms with Crippen LogP contribution in [-0.2, 0) is 4.79 Å². The van der Waals surface area contributed by atoms with Crippen molar-refractivity contribution in [2.45, 2.75) is 6.92 Å². The third-order valence-electron chi connectivity index (χ3n) is 1.72. The van der Waals surface area contributed by atoms with Gasteiger partial charge in [0.25, 0.3) is 0 Å². The summed E-state index contributed by atoms with van der Waals surface area (Å²) < 4.78 is 0. The third-order valence-corrected chi connectivity index (χ3v) is 1.85. The van der Waals surface area contributed by atoms with Crippen LogP contribution in [0.25, 0.3) is 6.08 Å². The molecule has 1 aromatic carbocycles. The van der Waals surface area contributed by atoms with Gasteiger partial charge in [0, 0.05) is 5.56 Å². The minimum absolute atomic E-state index is 0.0222. The molecule has 0 saturated heterocycles. The lowest BCUT2D eigenvalue weighted by molar-refractivity contribution is -0.107. The molecule has 0 aliphatic heterocycles. The smallest absolute Gasteiger partial charge is 0.245 e. The Morgan fingerprint density at radius 3 is 2.21 bits per heavy atom. The number of halogens is 1. The quantitative estimate of drug-likeness (QED) is 0.435. The third kappa shape index (κ3) is 3.15. The Balaban J connectivity index is 2.83. The number of rotatable bonds is 3. The lowest BCUT2D eigenvalue weighted by Crippen LogP contribution is -1.90. The van der Waals surface area contributed by atoms with Crippen LogP contribution in [0.3, 0.4) is 0 Å². The van der Waals surface area contributed by atoms with Gasteiger partial charge in [-0.05, 0) is 30.2 Å². The van der Waals surface area contributed by atoms with E-state index in [0.717, 1.165) is 5.56 Å². The fourth-order valence-electron chi connectivity index (χ4n) is 0.991. The summed E-state index contributed by atoms with van der Waals surface area (Å²) in [5.41, 5.74) is 1.49. The highest BCUT2D eigenvalue weighted by Gasteiger charge is 1.96. The Morgan fingerprint density at radius 1 is 1.21 bits per heavy atom. The average Bonchev–Trinajstić information content (AvgIpc) is 2.15. The maximum atomic E-state index is 10.9. The molecule has 0 unspecified atom stereocenters. The van der Waals surface area contributed by atoms with E-state index < -0.39 is 5.24 Å². The van der Waals surface area contributed by atoms with Gasteiger partial charge in [0.05, 0.1) is 0 Å². The van der Waals surface area contributed by atoms with Crippen LogP contribution in [0.2, 0.25) is 0 Å². The highest BCUT2D eigenvalue weighted by atomic mass is 35.5. The van der Waals surface area contributed by atoms with Crippen molar-refractivity contribution in [1.82, 2.24) is 0 Å². The molecule has 0 bridgehead atoms. The van der Waals surface area contributed by atoms with Gasteiger partial charge in [0.15, 0.2) is 5.78 Å². The van der Waals surface area contributed by atoms with Gasteiger partial charge < -0.3 is 0 Å². The zero-order chi connectivity index (χ0) is 10.6. The molecule has 0 aliphatic carbocycles. The number of carbonyl (C=O) groups excluding carboxylic acids is 2. The number of Topliss-reactive ketones (excluding diaryl/α,β-unsaturated/α-hetero) is 1. The summed E-state index contributed by atoms with van der Waals surface area (Å²) in [4.78, 5) is 21.3. The molecular formula is C11H9ClO2. The van der Waals surface area contributed by atoms with Crippen LogP contribution in [0.5, 0.6) is 0 Å². The Kier molecular flexibility index (Phi) is 3.60. The number of hydrogen-bond donors (Lipinski definition) is 0. The molecule has 0 spiro atoms. The predicted octanol–water partition coefficient (Wildman–Crippen LogP) is 2.67. The molecule has 0 aromatic heterocycles. The second-order valence-electron chi connectivity index (χ2n) is 2.82. The van der Waals surface area contributed by atoms with Crippen molar-refractivity contribution < 1.29 is 9.59 Å². The first kappa shape index (κ1) is 10.7. The molecule has 0 radical (unpaired) electrons. The van der Waals surface area contributed by atoms with Gasteiger partial charge in [-0.2, -0.15) is 0 Å². The maximum Gasteiger partial charge on any atom is 0.245 e. The van der Waals surface area contributed by atoms with E-state index in [2.05, 4.69) is 0 Å². The second kappa shape index (κ2) is 4.72. The topological polar surface area (TPSA) is 34.1 Å². The van der Waals surface area contributed by atoms with Crippen molar-refractivity contribution in [3.05, 3.63) is 41.5 Å². The zero-order valence-corrected chi connectivity index (χ0v) is 8.41. The van der Waals surface area contributed by atoms with Crippen LogP contribution in [-0.4, -0.2) is 11.0 Å². The summed E-state index contributed by atoms with van der Waals surface area (Å²) in [6, 6.07) is 6.93. The van der Waals surface area contributed by atoms with Crippen molar-refractivity contribution in [3.63, 3.8) is 0 Å². The van der Waals surface area contributed by atoms with Crippen molar-refractivity contribution in [1.29, 1.82) is 0 Å². The van der Waals surface area contributed by atoms with Crippen molar-refractivity contribution >= 4 is 28.7 Å². The molecular weight excluding hydrogens is 200 g/mol. The lowest BCUT2D eigenvalue weighted by Gasteiger charge is -1.95. The summed E-state index contributed by atoms with van der Waals surface area (Å²) >= 11 is 5.13. The van der Waals surface area contributed by atoms with Gasteiger partial charge in [-0.3, -0.25) is 9.59 Å². The number of carbonyl (C=O) groups is 2. The molecule has 0 amide bonds. The van der Waals surface area contributed by atoms with Crippen LogP contribution in [0.4, 0.5) is 0 Å². The predicted molar refractivity (Wildman–Crippen MR) is 56.3 cm³/mol. The van der Waals surface area contributed by atoms with E-state index in [1.54, 1.807) is 30.3 Å². The maximum absolute atomic E-state index is 10.9. The molecule has 0 fully saturated rings. The SMILES string of the molecule is CC(=O)c1ccc(/C=C\C(=O)Cl)cc1. The van der Waals surface area contributed by atoms with Gasteiger partial charge >= 0.3 is 0 Å². The monoisotopic (exact) mass is 208 g/mol. The van der Waals surface area contributed by atoms with Gasteiger partial charge in [-0.15, -0.1) is 0 Å². The molecule has 72 valence electrons. The summed E-state index contributed by atoms with van der Waals surface area (Å²) in [7, 11) is 0. The number of benzene rings is 1. The normalized spacial score (nSPS) is 10.4. The molecule has 1 rings (SSSR count). The summed E-state index contributed by atoms with van der Waals surface area (Å²) in [6.07, 6.45) is 2.86. The zero-order valence-electron chi connectivity index (χ0n) is 7.66. The highest BCUT2D eigenvalue weighted by molar-refractivity contribution is 6.66. The van der Waals surface area contributed by atoms with Crippen LogP contribution in [0, 0.1) is 0 Å². The molecule has 3 heteroatoms. The largest absolute Gasteiger partial charge is 0.295 e. The van der Waals surface area contributed by atoms with E-state index in [-0.39, 0.29) is 5.78 Å². The summed E-state index contributed by atoms with van der Waals surface area (Å²) in [6.45, 7) is 1.51. The van der Waals surface area contributed by atoms with E-state index in [1.165, 1.54) is 13.0 Å². The van der Waals surface area contributed by atoms with E-state index in [0.29, 0.717) is 5.56 Å². The molecule has 2 nitrogen and oxygen atoms in total. The average molecular weight is 209 g/mol. The van der Waals surface area contributed by atoms with Crippen LogP contribution >= 0.6 is 11.6 Å². The minimum Gasteiger partial charge on any atom is -0.295 e. The van der Waals surface area contributed by atoms with Crippen molar-refractivity contribution in [2.24, 2.45) is 0 Å². The fraction of sp³-hybridized carbons (Fsp3) is 0.0909. The van der Waals surface area contributed by atoms with Gasteiger partial charge in [0.1, 0.15) is 0 Å². The Labute approximate surface area is 87.2 Å². The number of ketones is 1. The number of allylic oxidation sites excluding steroid dienone is 1. The lowest BCUT2D eigenvalue weighted by atomic mass is 10.1. The van der Waals surface area contributed by atoms with Gasteiger partial charge in [-0.1, -0.05) is 30.3 Å². The van der Waals surface area contributed by atoms with Crippen LogP contribution in [0.15, 0.2) is 30.3 Å². The first-order chi connectivity index (χ1) is 6.59. The molecule has 0 saturated carbocycles. The molecule has 1 aromatic rings. The molecule has 0 aliphatic rings. The van der Waals surface area contributed by atoms with Gasteiger partial charge in [-0.25, -0.2) is 0 Å². The first-order valence-electron chi connectivity index (χ1n) is 4.08. The van der Waals surface area contributed by atoms with Crippen LogP contribution < -0.4 is 0 Å². The van der Waals surface area contributed by atoms with Crippen molar-refractivity contribution in [3.8, 4) is 0 Å². The fourth-order valence-corrected chi connectivity index (χ4v) is 1.05. The van der Waals surface area contributed by atoms with E-state index in [4.69, 9.17) is 11.6 Å². The van der Waals surface area contributed by atoms with Crippen LogP contribution in [0.1, 0.15) is 22.8 Å². The Hall–Kier alpha value is -1.41. The molecule has 0 atom stereocenters. The molecule has 0 N–H and O–H groups in total. The second-order valence-corrected chi connectivity index (χ2v) is 3.19. The van der Waals surface area contributed by atoms with E-state index in [1.807, 2.05) is 0 Å². The van der Waals surface area contributed by atoms with E-state index >= 15 is 0 Å². The van der Waals surface area contributed by atoms with Gasteiger partial charge in [0.2, 0.25) is 5.24 Å². The van der Waals surface area contributed by atoms with E-state index in [9.17, 15) is 9.59 Å². The molecule has 14 heavy (non-hydrogen) atoms. The Morgan fingerprint density at radius 2 is 1.79 bits per heavy atom. The number of hydrogen-bond acceptors (Lipinski definition) is 2. The highest BCUT2D eigenvalue weighted by Crippen LogP contribution is 2.07. The first-order valence-corrected chi connectivity index (χ1v) is 4.46. The standard InChI is InChI=1S/C11H9ClO2/c1-8(13)10-5-2-9(3-6-10)4-7-11(12)14/h2-7H,1H3/b7-4-. The summed E-state index contributed by atoms with van der Waals surface area (Å²) in [5.74, 6) is 0.0222. The van der Waals surface area contributed by atoms with Crippen molar-refractivity contribution in [2.75, 3.05) is 0 Å². The Bertz CT molecular complexity index is 377. The minimum atomic E-state index is -0.513.